The van der Waals surface area contributed by atoms with Crippen LogP contribution in [0.5, 0.6) is 0 Å². The van der Waals surface area contributed by atoms with Crippen molar-refractivity contribution in [3.8, 4) is 0 Å². The smallest absolute Gasteiger partial charge is 0.317 e. The van der Waals surface area contributed by atoms with Gasteiger partial charge >= 0.3 is 6.03 Å². The first-order chi connectivity index (χ1) is 13.0. The van der Waals surface area contributed by atoms with Crippen LogP contribution in [0.15, 0.2) is 35.7 Å². The van der Waals surface area contributed by atoms with Crippen molar-refractivity contribution >= 4 is 29.0 Å². The Bertz CT molecular complexity index is 785. The zero-order chi connectivity index (χ0) is 19.2. The molecular formula is C19H23FN4O2S. The molecule has 6 nitrogen and oxygen atoms in total. The summed E-state index contributed by atoms with van der Waals surface area (Å²) in [4.78, 5) is 29.3. The maximum absolute atomic E-state index is 12.9. The molecular weight excluding hydrogens is 367 g/mol. The Morgan fingerprint density at radius 2 is 1.81 bits per heavy atom. The van der Waals surface area contributed by atoms with Gasteiger partial charge in [-0.2, -0.15) is 0 Å². The third-order valence-corrected chi connectivity index (χ3v) is 5.55. The van der Waals surface area contributed by atoms with Crippen molar-refractivity contribution in [3.63, 3.8) is 0 Å². The van der Waals surface area contributed by atoms with Gasteiger partial charge in [0.15, 0.2) is 0 Å². The summed E-state index contributed by atoms with van der Waals surface area (Å²) in [6, 6.07) is 7.66. The normalized spacial score (nSPS) is 14.8. The average molecular weight is 390 g/mol. The molecule has 0 radical (unpaired) electrons. The lowest BCUT2D eigenvalue weighted by atomic mass is 10.3. The first-order valence-corrected chi connectivity index (χ1v) is 9.73. The molecule has 0 spiro atoms. The zero-order valence-electron chi connectivity index (χ0n) is 15.2. The van der Waals surface area contributed by atoms with Crippen molar-refractivity contribution in [2.24, 2.45) is 0 Å². The number of urea groups is 1. The number of aryl methyl sites for hydroxylation is 1. The fourth-order valence-electron chi connectivity index (χ4n) is 2.90. The minimum absolute atomic E-state index is 0.0711. The summed E-state index contributed by atoms with van der Waals surface area (Å²) in [5, 5.41) is 7.73. The minimum Gasteiger partial charge on any atom is -0.333 e. The number of hydrogen-bond acceptors (Lipinski definition) is 4. The van der Waals surface area contributed by atoms with Crippen molar-refractivity contribution < 1.29 is 14.0 Å². The molecule has 1 aliphatic rings. The average Bonchev–Trinajstić information content (AvgIpc) is 3.07. The van der Waals surface area contributed by atoms with Crippen LogP contribution in [-0.4, -0.2) is 54.5 Å². The van der Waals surface area contributed by atoms with E-state index in [2.05, 4.69) is 10.6 Å². The molecule has 0 unspecified atom stereocenters. The highest BCUT2D eigenvalue weighted by Gasteiger charge is 2.22. The van der Waals surface area contributed by atoms with Crippen LogP contribution in [0.1, 0.15) is 10.4 Å². The van der Waals surface area contributed by atoms with Crippen LogP contribution in [0.4, 0.5) is 14.9 Å². The van der Waals surface area contributed by atoms with Gasteiger partial charge in [0.05, 0.1) is 13.1 Å². The number of nitrogens with one attached hydrogen (secondary N) is 2. The van der Waals surface area contributed by atoms with Crippen LogP contribution < -0.4 is 10.6 Å². The van der Waals surface area contributed by atoms with Gasteiger partial charge in [0.1, 0.15) is 5.82 Å². The topological polar surface area (TPSA) is 64.7 Å². The summed E-state index contributed by atoms with van der Waals surface area (Å²) in [7, 11) is 0. The second kappa shape index (κ2) is 8.96. The highest BCUT2D eigenvalue weighted by atomic mass is 32.1. The lowest BCUT2D eigenvalue weighted by Gasteiger charge is -2.34. The van der Waals surface area contributed by atoms with Gasteiger partial charge in [0.2, 0.25) is 5.91 Å². The van der Waals surface area contributed by atoms with Crippen molar-refractivity contribution in [2.45, 2.75) is 13.5 Å². The summed E-state index contributed by atoms with van der Waals surface area (Å²) in [6.07, 6.45) is 0. The van der Waals surface area contributed by atoms with E-state index in [-0.39, 0.29) is 24.3 Å². The zero-order valence-corrected chi connectivity index (χ0v) is 16.0. The molecule has 0 atom stereocenters. The molecule has 1 aliphatic heterocycles. The Balaban J connectivity index is 1.39. The van der Waals surface area contributed by atoms with Crippen molar-refractivity contribution in [1.29, 1.82) is 0 Å². The van der Waals surface area contributed by atoms with Crippen molar-refractivity contribution in [2.75, 3.05) is 38.0 Å². The lowest BCUT2D eigenvalue weighted by Crippen LogP contribution is -2.52. The van der Waals surface area contributed by atoms with Crippen molar-refractivity contribution in [1.82, 2.24) is 15.1 Å². The Morgan fingerprint density at radius 3 is 2.44 bits per heavy atom. The van der Waals surface area contributed by atoms with Crippen LogP contribution in [0.25, 0.3) is 0 Å². The van der Waals surface area contributed by atoms with E-state index in [1.165, 1.54) is 34.7 Å². The van der Waals surface area contributed by atoms with E-state index in [1.807, 2.05) is 23.3 Å². The summed E-state index contributed by atoms with van der Waals surface area (Å²) >= 11 is 1.64. The number of hydrogen-bond donors (Lipinski definition) is 2. The molecule has 8 heteroatoms. The van der Waals surface area contributed by atoms with Crippen LogP contribution in [0.3, 0.4) is 0 Å². The number of nitrogens with zero attached hydrogens (tertiary/aromatic N) is 2. The number of amides is 3. The summed E-state index contributed by atoms with van der Waals surface area (Å²) < 4.78 is 12.9. The molecule has 1 saturated heterocycles. The standard InChI is InChI=1S/C19H23FN4O2S/c1-14-6-11-27-17(14)12-21-19(26)24-9-7-23(8-10-24)13-18(25)22-16-4-2-15(20)3-5-16/h2-6,11H,7-10,12-13H2,1H3,(H,21,26)(H,22,25). The molecule has 0 bridgehead atoms. The summed E-state index contributed by atoms with van der Waals surface area (Å²) in [6.45, 7) is 5.28. The number of carbonyl (C=O) groups is 2. The fourth-order valence-corrected chi connectivity index (χ4v) is 3.74. The summed E-state index contributed by atoms with van der Waals surface area (Å²) in [5.41, 5.74) is 1.76. The van der Waals surface area contributed by atoms with E-state index in [0.717, 1.165) is 0 Å². The Kier molecular flexibility index (Phi) is 6.41. The van der Waals surface area contributed by atoms with Gasteiger partial charge in [0, 0.05) is 36.7 Å². The molecule has 3 amide bonds. The lowest BCUT2D eigenvalue weighted by molar-refractivity contribution is -0.117. The molecule has 27 heavy (non-hydrogen) atoms. The van der Waals surface area contributed by atoms with Gasteiger partial charge in [-0.3, -0.25) is 9.69 Å². The van der Waals surface area contributed by atoms with Crippen LogP contribution >= 0.6 is 11.3 Å². The minimum atomic E-state index is -0.336. The molecule has 2 aromatic rings. The Morgan fingerprint density at radius 1 is 1.11 bits per heavy atom. The molecule has 1 aromatic carbocycles. The fraction of sp³-hybridized carbons (Fsp3) is 0.368. The maximum atomic E-state index is 12.9. The van der Waals surface area contributed by atoms with Crippen LogP contribution in [0, 0.1) is 12.7 Å². The molecule has 1 fully saturated rings. The molecule has 0 aliphatic carbocycles. The van der Waals surface area contributed by atoms with Crippen LogP contribution in [0.2, 0.25) is 0 Å². The second-order valence-electron chi connectivity index (χ2n) is 6.50. The van der Waals surface area contributed by atoms with Gasteiger partial charge in [-0.15, -0.1) is 11.3 Å². The predicted octanol–water partition coefficient (Wildman–Crippen LogP) is 2.66. The van der Waals surface area contributed by atoms with Gasteiger partial charge in [-0.25, -0.2) is 9.18 Å². The first kappa shape index (κ1) is 19.3. The van der Waals surface area contributed by atoms with Gasteiger partial charge in [0.25, 0.3) is 0 Å². The highest BCUT2D eigenvalue weighted by molar-refractivity contribution is 7.10. The van der Waals surface area contributed by atoms with Gasteiger partial charge in [-0.1, -0.05) is 0 Å². The second-order valence-corrected chi connectivity index (χ2v) is 7.50. The SMILES string of the molecule is Cc1ccsc1CNC(=O)N1CCN(CC(=O)Nc2ccc(F)cc2)CC1. The third kappa shape index (κ3) is 5.51. The number of halogens is 1. The number of carbonyl (C=O) groups excluding carboxylic acids is 2. The largest absolute Gasteiger partial charge is 0.333 e. The first-order valence-electron chi connectivity index (χ1n) is 8.85. The Hall–Kier alpha value is -2.45. The molecule has 144 valence electrons. The van der Waals surface area contributed by atoms with Crippen molar-refractivity contribution in [3.05, 3.63) is 52.0 Å². The molecule has 2 heterocycles. The molecule has 0 saturated carbocycles. The number of anilines is 1. The van der Waals surface area contributed by atoms with Gasteiger partial charge < -0.3 is 15.5 Å². The Labute approximate surface area is 162 Å². The molecule has 2 N–H and O–H groups in total. The number of rotatable bonds is 5. The van der Waals surface area contributed by atoms with Crippen LogP contribution in [-0.2, 0) is 11.3 Å². The monoisotopic (exact) mass is 390 g/mol. The highest BCUT2D eigenvalue weighted by Crippen LogP contribution is 2.15. The van der Waals surface area contributed by atoms with E-state index in [4.69, 9.17) is 0 Å². The maximum Gasteiger partial charge on any atom is 0.317 e. The van der Waals surface area contributed by atoms with E-state index < -0.39 is 0 Å². The summed E-state index contributed by atoms with van der Waals surface area (Å²) in [5.74, 6) is -0.482. The molecule has 3 rings (SSSR count). The number of piperazine rings is 1. The van der Waals surface area contributed by atoms with E-state index >= 15 is 0 Å². The predicted molar refractivity (Wildman–Crippen MR) is 104 cm³/mol. The third-order valence-electron chi connectivity index (χ3n) is 4.52. The number of thiophene rings is 1. The van der Waals surface area contributed by atoms with E-state index in [1.54, 1.807) is 16.2 Å². The number of benzene rings is 1. The van der Waals surface area contributed by atoms with E-state index in [9.17, 15) is 14.0 Å². The van der Waals surface area contributed by atoms with Gasteiger partial charge in [-0.05, 0) is 48.2 Å². The quantitative estimate of drug-likeness (QED) is 0.825. The van der Waals surface area contributed by atoms with E-state index in [0.29, 0.717) is 38.4 Å². The molecule has 1 aromatic heterocycles.